The molecule has 1 fully saturated rings. The molecular weight excluding hydrogens is 288 g/mol. The molecule has 21 heavy (non-hydrogen) atoms. The molecule has 1 aromatic heterocycles. The van der Waals surface area contributed by atoms with Gasteiger partial charge >= 0.3 is 6.03 Å². The highest BCUT2D eigenvalue weighted by Crippen LogP contribution is 2.13. The minimum Gasteiger partial charge on any atom is -0.379 e. The van der Waals surface area contributed by atoms with E-state index >= 15 is 0 Å². The summed E-state index contributed by atoms with van der Waals surface area (Å²) in [5.41, 5.74) is 0. The molecule has 2 heterocycles. The summed E-state index contributed by atoms with van der Waals surface area (Å²) in [7, 11) is 0. The van der Waals surface area contributed by atoms with Gasteiger partial charge in [0.05, 0.1) is 13.2 Å². The Hall–Kier alpha value is -1.18. The van der Waals surface area contributed by atoms with E-state index < -0.39 is 0 Å². The molecule has 1 aromatic rings. The van der Waals surface area contributed by atoms with Crippen molar-refractivity contribution < 1.29 is 9.53 Å². The van der Waals surface area contributed by atoms with Gasteiger partial charge in [-0.2, -0.15) is 0 Å². The van der Waals surface area contributed by atoms with Crippen LogP contribution in [-0.2, 0) is 4.74 Å². The van der Waals surface area contributed by atoms with Gasteiger partial charge in [0.2, 0.25) is 0 Å². The number of carbonyl (C=O) groups is 1. The van der Waals surface area contributed by atoms with E-state index in [-0.39, 0.29) is 6.03 Å². The lowest BCUT2D eigenvalue weighted by Gasteiger charge is -2.35. The molecule has 1 atom stereocenters. The standard InChI is InChI=1S/C14H24N4O2S/c1-11(2)9-12(18-4-6-20-7-5-18)10-16-13(19)17-14-15-3-8-21-14/h3,8,11-12H,4-7,9-10H2,1-2H3,(H2,15,16,17,19)/t12-/m0/s1. The average molecular weight is 312 g/mol. The fraction of sp³-hybridized carbons (Fsp3) is 0.714. The number of rotatable bonds is 6. The van der Waals surface area contributed by atoms with Crippen molar-refractivity contribution in [3.63, 3.8) is 0 Å². The van der Waals surface area contributed by atoms with Crippen molar-refractivity contribution in [1.82, 2.24) is 15.2 Å². The zero-order valence-corrected chi connectivity index (χ0v) is 13.5. The lowest BCUT2D eigenvalue weighted by Crippen LogP contribution is -2.49. The number of nitrogens with one attached hydrogen (secondary N) is 2. The molecule has 6 nitrogen and oxygen atoms in total. The normalized spacial score (nSPS) is 17.7. The summed E-state index contributed by atoms with van der Waals surface area (Å²) in [6.45, 7) is 8.50. The second-order valence-electron chi connectivity index (χ2n) is 5.60. The molecule has 0 bridgehead atoms. The second kappa shape index (κ2) is 8.31. The van der Waals surface area contributed by atoms with Crippen molar-refractivity contribution in [1.29, 1.82) is 0 Å². The van der Waals surface area contributed by atoms with E-state index in [1.165, 1.54) is 11.3 Å². The SMILES string of the molecule is CC(C)C[C@@H](CNC(=O)Nc1nccs1)N1CCOCC1. The van der Waals surface area contributed by atoms with Gasteiger partial charge in [-0.05, 0) is 12.3 Å². The molecule has 118 valence electrons. The van der Waals surface area contributed by atoms with Crippen LogP contribution >= 0.6 is 11.3 Å². The number of ether oxygens (including phenoxy) is 1. The van der Waals surface area contributed by atoms with Crippen molar-refractivity contribution in [3.8, 4) is 0 Å². The van der Waals surface area contributed by atoms with E-state index in [0.29, 0.717) is 23.6 Å². The van der Waals surface area contributed by atoms with Crippen LogP contribution in [-0.4, -0.2) is 54.8 Å². The van der Waals surface area contributed by atoms with Gasteiger partial charge in [0.25, 0.3) is 0 Å². The number of amides is 2. The van der Waals surface area contributed by atoms with Crippen LogP contribution < -0.4 is 10.6 Å². The summed E-state index contributed by atoms with van der Waals surface area (Å²) in [6.07, 6.45) is 2.74. The lowest BCUT2D eigenvalue weighted by atomic mass is 10.0. The number of morpholine rings is 1. The molecular formula is C14H24N4O2S. The van der Waals surface area contributed by atoms with E-state index in [0.717, 1.165) is 32.7 Å². The summed E-state index contributed by atoms with van der Waals surface area (Å²) in [5, 5.41) is 8.17. The van der Waals surface area contributed by atoms with E-state index in [9.17, 15) is 4.79 Å². The van der Waals surface area contributed by atoms with Crippen LogP contribution in [0.5, 0.6) is 0 Å². The van der Waals surface area contributed by atoms with Crippen molar-refractivity contribution in [2.75, 3.05) is 38.2 Å². The van der Waals surface area contributed by atoms with Crippen LogP contribution in [0.15, 0.2) is 11.6 Å². The molecule has 1 aliphatic rings. The highest BCUT2D eigenvalue weighted by atomic mass is 32.1. The number of hydrogen-bond donors (Lipinski definition) is 2. The highest BCUT2D eigenvalue weighted by molar-refractivity contribution is 7.13. The van der Waals surface area contributed by atoms with Crippen LogP contribution in [0.2, 0.25) is 0 Å². The van der Waals surface area contributed by atoms with Gasteiger partial charge in [-0.15, -0.1) is 11.3 Å². The Kier molecular flexibility index (Phi) is 6.41. The van der Waals surface area contributed by atoms with Crippen molar-refractivity contribution in [2.24, 2.45) is 5.92 Å². The molecule has 1 saturated heterocycles. The van der Waals surface area contributed by atoms with Gasteiger partial charge in [0.1, 0.15) is 0 Å². The Bertz CT molecular complexity index is 419. The van der Waals surface area contributed by atoms with Gasteiger partial charge in [-0.1, -0.05) is 13.8 Å². The smallest absolute Gasteiger partial charge is 0.321 e. The van der Waals surface area contributed by atoms with Crippen LogP contribution in [0.25, 0.3) is 0 Å². The maximum Gasteiger partial charge on any atom is 0.321 e. The van der Waals surface area contributed by atoms with E-state index in [1.54, 1.807) is 6.20 Å². The molecule has 7 heteroatoms. The van der Waals surface area contributed by atoms with E-state index in [4.69, 9.17) is 4.74 Å². The Labute approximate surface area is 129 Å². The van der Waals surface area contributed by atoms with Gasteiger partial charge in [-0.3, -0.25) is 10.2 Å². The van der Waals surface area contributed by atoms with E-state index in [2.05, 4.69) is 34.4 Å². The minimum absolute atomic E-state index is 0.188. The summed E-state index contributed by atoms with van der Waals surface area (Å²) >= 11 is 1.41. The molecule has 2 rings (SSSR count). The van der Waals surface area contributed by atoms with Gasteiger partial charge in [0.15, 0.2) is 5.13 Å². The zero-order valence-electron chi connectivity index (χ0n) is 12.7. The Morgan fingerprint density at radius 3 is 2.86 bits per heavy atom. The summed E-state index contributed by atoms with van der Waals surface area (Å²) < 4.78 is 5.40. The Morgan fingerprint density at radius 2 is 2.24 bits per heavy atom. The molecule has 0 spiro atoms. The highest BCUT2D eigenvalue weighted by Gasteiger charge is 2.22. The average Bonchev–Trinajstić information content (AvgIpc) is 2.97. The number of anilines is 1. The van der Waals surface area contributed by atoms with Crippen molar-refractivity contribution >= 4 is 22.5 Å². The maximum atomic E-state index is 11.9. The topological polar surface area (TPSA) is 66.5 Å². The molecule has 0 aromatic carbocycles. The predicted octanol–water partition coefficient (Wildman–Crippen LogP) is 2.01. The summed E-state index contributed by atoms with van der Waals surface area (Å²) in [4.78, 5) is 18.3. The van der Waals surface area contributed by atoms with Crippen molar-refractivity contribution in [2.45, 2.75) is 26.3 Å². The van der Waals surface area contributed by atoms with Crippen LogP contribution in [0, 0.1) is 5.92 Å². The number of aromatic nitrogens is 1. The number of urea groups is 1. The van der Waals surface area contributed by atoms with Crippen molar-refractivity contribution in [3.05, 3.63) is 11.6 Å². The quantitative estimate of drug-likeness (QED) is 0.843. The first kappa shape index (κ1) is 16.2. The lowest BCUT2D eigenvalue weighted by molar-refractivity contribution is 0.0130. The number of hydrogen-bond acceptors (Lipinski definition) is 5. The van der Waals surface area contributed by atoms with Gasteiger partial charge in [-0.25, -0.2) is 9.78 Å². The first-order chi connectivity index (χ1) is 10.1. The third kappa shape index (κ3) is 5.61. The first-order valence-electron chi connectivity index (χ1n) is 7.41. The van der Waals surface area contributed by atoms with Crippen LogP contribution in [0.3, 0.4) is 0 Å². The third-order valence-electron chi connectivity index (χ3n) is 3.46. The zero-order chi connectivity index (χ0) is 15.1. The monoisotopic (exact) mass is 312 g/mol. The fourth-order valence-corrected chi connectivity index (χ4v) is 3.01. The summed E-state index contributed by atoms with van der Waals surface area (Å²) in [5.74, 6) is 0.599. The minimum atomic E-state index is -0.188. The molecule has 0 radical (unpaired) electrons. The number of nitrogens with zero attached hydrogens (tertiary/aromatic N) is 2. The second-order valence-corrected chi connectivity index (χ2v) is 6.50. The molecule has 2 amide bonds. The molecule has 1 aliphatic heterocycles. The largest absolute Gasteiger partial charge is 0.379 e. The van der Waals surface area contributed by atoms with Gasteiger partial charge < -0.3 is 10.1 Å². The molecule has 0 unspecified atom stereocenters. The molecule has 0 saturated carbocycles. The van der Waals surface area contributed by atoms with Gasteiger partial charge in [0, 0.05) is 37.3 Å². The molecule has 2 N–H and O–H groups in total. The predicted molar refractivity (Wildman–Crippen MR) is 84.8 cm³/mol. The molecule has 0 aliphatic carbocycles. The van der Waals surface area contributed by atoms with E-state index in [1.807, 2.05) is 5.38 Å². The first-order valence-corrected chi connectivity index (χ1v) is 8.29. The Balaban J connectivity index is 1.81. The third-order valence-corrected chi connectivity index (χ3v) is 4.15. The summed E-state index contributed by atoms with van der Waals surface area (Å²) in [6, 6.07) is 0.169. The fourth-order valence-electron chi connectivity index (χ4n) is 2.49. The van der Waals surface area contributed by atoms with Crippen LogP contribution in [0.4, 0.5) is 9.93 Å². The number of thiazole rings is 1. The Morgan fingerprint density at radius 1 is 1.48 bits per heavy atom. The maximum absolute atomic E-state index is 11.9. The number of carbonyl (C=O) groups excluding carboxylic acids is 1. The van der Waals surface area contributed by atoms with Crippen LogP contribution in [0.1, 0.15) is 20.3 Å².